The number of hydrogen-bond donors (Lipinski definition) is 1. The molecule has 0 aliphatic heterocycles. The second kappa shape index (κ2) is 3.99. The van der Waals surface area contributed by atoms with E-state index in [0.29, 0.717) is 5.69 Å². The molecule has 0 amide bonds. The van der Waals surface area contributed by atoms with E-state index in [9.17, 15) is 0 Å². The first kappa shape index (κ1) is 8.89. The minimum atomic E-state index is -0.557. The molecule has 0 radical (unpaired) electrons. The fourth-order valence-corrected chi connectivity index (χ4v) is 0.831. The lowest BCUT2D eigenvalue weighted by molar-refractivity contribution is -0.108. The summed E-state index contributed by atoms with van der Waals surface area (Å²) in [6.07, 6.45) is 0.877. The van der Waals surface area contributed by atoms with Gasteiger partial charge in [-0.3, -0.25) is 0 Å². The highest BCUT2D eigenvalue weighted by atomic mass is 16.7. The molecular formula is C7H10N2O3. The van der Waals surface area contributed by atoms with Crippen molar-refractivity contribution >= 4 is 0 Å². The third-order valence-electron chi connectivity index (χ3n) is 1.33. The lowest BCUT2D eigenvalue weighted by Crippen LogP contribution is -2.05. The van der Waals surface area contributed by atoms with Gasteiger partial charge in [-0.2, -0.15) is 4.98 Å². The first-order valence-electron chi connectivity index (χ1n) is 3.35. The second-order valence-electron chi connectivity index (χ2n) is 2.08. The van der Waals surface area contributed by atoms with E-state index in [2.05, 4.69) is 9.97 Å². The summed E-state index contributed by atoms with van der Waals surface area (Å²) in [5.41, 5.74) is 0.493. The van der Waals surface area contributed by atoms with Crippen LogP contribution < -0.4 is 0 Å². The number of methoxy groups -OCH3 is 2. The molecule has 0 saturated carbocycles. The van der Waals surface area contributed by atoms with Crippen molar-refractivity contribution < 1.29 is 14.6 Å². The maximum absolute atomic E-state index is 8.92. The summed E-state index contributed by atoms with van der Waals surface area (Å²) in [6, 6.07) is 1.32. The predicted octanol–water partition coefficient (Wildman–Crippen LogP) is 0.474. The first-order chi connectivity index (χ1) is 5.77. The minimum absolute atomic E-state index is 0.286. The second-order valence-corrected chi connectivity index (χ2v) is 2.08. The molecule has 0 fully saturated rings. The average Bonchev–Trinajstić information content (AvgIpc) is 2.07. The highest BCUT2D eigenvalue weighted by molar-refractivity contribution is 5.05. The van der Waals surface area contributed by atoms with Gasteiger partial charge in [0.05, 0.1) is 0 Å². The van der Waals surface area contributed by atoms with Gasteiger partial charge in [-0.25, -0.2) is 4.98 Å². The summed E-state index contributed by atoms with van der Waals surface area (Å²) in [5.74, 6) is 0. The van der Waals surface area contributed by atoms with E-state index in [1.54, 1.807) is 6.07 Å². The number of hydrogen-bond acceptors (Lipinski definition) is 5. The maximum atomic E-state index is 8.92. The third-order valence-corrected chi connectivity index (χ3v) is 1.33. The smallest absolute Gasteiger partial charge is 0.314 e. The van der Waals surface area contributed by atoms with Gasteiger partial charge in [0.1, 0.15) is 5.69 Å². The summed E-state index contributed by atoms with van der Waals surface area (Å²) < 4.78 is 9.83. The lowest BCUT2D eigenvalue weighted by Gasteiger charge is -2.11. The van der Waals surface area contributed by atoms with Crippen molar-refractivity contribution in [3.63, 3.8) is 0 Å². The third kappa shape index (κ3) is 1.90. The Morgan fingerprint density at radius 3 is 2.58 bits per heavy atom. The minimum Gasteiger partial charge on any atom is -0.479 e. The van der Waals surface area contributed by atoms with Crippen LogP contribution in [0.15, 0.2) is 12.3 Å². The Balaban J connectivity index is 2.85. The highest BCUT2D eigenvalue weighted by Crippen LogP contribution is 2.14. The Kier molecular flexibility index (Phi) is 2.95. The lowest BCUT2D eigenvalue weighted by atomic mass is 10.4. The predicted molar refractivity (Wildman–Crippen MR) is 40.5 cm³/mol. The van der Waals surface area contributed by atoms with Gasteiger partial charge in [0, 0.05) is 20.4 Å². The van der Waals surface area contributed by atoms with Crippen LogP contribution in [0, 0.1) is 0 Å². The van der Waals surface area contributed by atoms with Crippen LogP contribution in [0.5, 0.6) is 6.01 Å². The highest BCUT2D eigenvalue weighted by Gasteiger charge is 2.10. The number of aromatic hydroxyl groups is 1. The van der Waals surface area contributed by atoms with E-state index in [1.165, 1.54) is 20.4 Å². The molecule has 0 spiro atoms. The fraction of sp³-hybridized carbons (Fsp3) is 0.429. The Morgan fingerprint density at radius 1 is 1.42 bits per heavy atom. The summed E-state index contributed by atoms with van der Waals surface area (Å²) in [6.45, 7) is 0. The Bertz CT molecular complexity index is 250. The van der Waals surface area contributed by atoms with Crippen LogP contribution in [0.1, 0.15) is 12.0 Å². The molecule has 0 aromatic carbocycles. The zero-order valence-corrected chi connectivity index (χ0v) is 6.89. The molecular weight excluding hydrogens is 160 g/mol. The van der Waals surface area contributed by atoms with Crippen LogP contribution in [0.4, 0.5) is 0 Å². The molecule has 0 unspecified atom stereocenters. The van der Waals surface area contributed by atoms with Crippen molar-refractivity contribution in [2.24, 2.45) is 0 Å². The SMILES string of the molecule is COC(OC)c1ccnc(O)n1. The molecule has 5 heteroatoms. The maximum Gasteiger partial charge on any atom is 0.314 e. The molecule has 1 N–H and O–H groups in total. The number of rotatable bonds is 3. The fourth-order valence-electron chi connectivity index (χ4n) is 0.831. The van der Waals surface area contributed by atoms with Crippen LogP contribution in [0.25, 0.3) is 0 Å². The zero-order chi connectivity index (χ0) is 8.97. The van der Waals surface area contributed by atoms with E-state index in [0.717, 1.165) is 0 Å². The molecule has 1 aromatic rings. The molecule has 0 aliphatic rings. The van der Waals surface area contributed by atoms with Crippen molar-refractivity contribution in [3.05, 3.63) is 18.0 Å². The van der Waals surface area contributed by atoms with Crippen LogP contribution in [0.2, 0.25) is 0 Å². The molecule has 0 bridgehead atoms. The van der Waals surface area contributed by atoms with Crippen LogP contribution >= 0.6 is 0 Å². The van der Waals surface area contributed by atoms with Crippen molar-refractivity contribution in [1.29, 1.82) is 0 Å². The first-order valence-corrected chi connectivity index (χ1v) is 3.35. The Hall–Kier alpha value is -1.20. The molecule has 1 rings (SSSR count). The Labute approximate surface area is 70.0 Å². The van der Waals surface area contributed by atoms with Crippen molar-refractivity contribution in [2.75, 3.05) is 14.2 Å². The Morgan fingerprint density at radius 2 is 2.08 bits per heavy atom. The summed E-state index contributed by atoms with van der Waals surface area (Å²) in [5, 5.41) is 8.92. The zero-order valence-electron chi connectivity index (χ0n) is 6.89. The van der Waals surface area contributed by atoms with E-state index in [-0.39, 0.29) is 6.01 Å². The monoisotopic (exact) mass is 170 g/mol. The molecule has 66 valence electrons. The van der Waals surface area contributed by atoms with E-state index in [4.69, 9.17) is 14.6 Å². The summed E-state index contributed by atoms with van der Waals surface area (Å²) in [4.78, 5) is 7.23. The van der Waals surface area contributed by atoms with Crippen molar-refractivity contribution in [2.45, 2.75) is 6.29 Å². The molecule has 12 heavy (non-hydrogen) atoms. The normalized spacial score (nSPS) is 10.6. The standard InChI is InChI=1S/C7H10N2O3/c1-11-6(12-2)5-3-4-8-7(10)9-5/h3-4,6H,1-2H3,(H,8,9,10). The van der Waals surface area contributed by atoms with Gasteiger partial charge in [0.15, 0.2) is 0 Å². The number of ether oxygens (including phenoxy) is 2. The van der Waals surface area contributed by atoms with Gasteiger partial charge in [-0.05, 0) is 6.07 Å². The summed E-state index contributed by atoms with van der Waals surface area (Å²) >= 11 is 0. The van der Waals surface area contributed by atoms with E-state index >= 15 is 0 Å². The van der Waals surface area contributed by atoms with Gasteiger partial charge < -0.3 is 14.6 Å². The van der Waals surface area contributed by atoms with Crippen molar-refractivity contribution in [1.82, 2.24) is 9.97 Å². The molecule has 1 heterocycles. The van der Waals surface area contributed by atoms with Gasteiger partial charge in [-0.15, -0.1) is 0 Å². The van der Waals surface area contributed by atoms with Gasteiger partial charge in [0.2, 0.25) is 6.29 Å². The van der Waals surface area contributed by atoms with Gasteiger partial charge in [0.25, 0.3) is 0 Å². The number of nitrogens with zero attached hydrogens (tertiary/aromatic N) is 2. The number of aromatic nitrogens is 2. The molecule has 0 atom stereocenters. The quantitative estimate of drug-likeness (QED) is 0.668. The molecule has 5 nitrogen and oxygen atoms in total. The topological polar surface area (TPSA) is 64.5 Å². The van der Waals surface area contributed by atoms with Crippen LogP contribution in [0.3, 0.4) is 0 Å². The van der Waals surface area contributed by atoms with E-state index in [1.807, 2.05) is 0 Å². The molecule has 0 aliphatic carbocycles. The van der Waals surface area contributed by atoms with Crippen LogP contribution in [-0.4, -0.2) is 29.3 Å². The largest absolute Gasteiger partial charge is 0.479 e. The molecule has 1 aromatic heterocycles. The van der Waals surface area contributed by atoms with E-state index < -0.39 is 6.29 Å². The molecule has 0 saturated heterocycles. The summed E-state index contributed by atoms with van der Waals surface area (Å²) in [7, 11) is 2.99. The van der Waals surface area contributed by atoms with Gasteiger partial charge in [-0.1, -0.05) is 0 Å². The van der Waals surface area contributed by atoms with Gasteiger partial charge >= 0.3 is 6.01 Å². The average molecular weight is 170 g/mol. The van der Waals surface area contributed by atoms with Crippen molar-refractivity contribution in [3.8, 4) is 6.01 Å². The van der Waals surface area contributed by atoms with Crippen LogP contribution in [-0.2, 0) is 9.47 Å².